The minimum Gasteiger partial charge on any atom is -0.493 e. The van der Waals surface area contributed by atoms with E-state index in [1.807, 2.05) is 31.2 Å². The largest absolute Gasteiger partial charge is 0.493 e. The van der Waals surface area contributed by atoms with Crippen molar-refractivity contribution >= 4 is 23.3 Å². The number of hydrogen-bond donors (Lipinski definition) is 2. The maximum atomic E-state index is 12.1. The molecule has 2 rings (SSSR count). The highest BCUT2D eigenvalue weighted by Gasteiger charge is 2.08. The Balaban J connectivity index is 1.82. The zero-order chi connectivity index (χ0) is 20.4. The number of ether oxygens (including phenoxy) is 2. The predicted octanol–water partition coefficient (Wildman–Crippen LogP) is 4.34. The molecule has 0 spiro atoms. The van der Waals surface area contributed by atoms with Gasteiger partial charge in [0.1, 0.15) is 5.75 Å². The van der Waals surface area contributed by atoms with Crippen molar-refractivity contribution in [3.63, 3.8) is 0 Å². The van der Waals surface area contributed by atoms with Crippen molar-refractivity contribution in [1.82, 2.24) is 0 Å². The van der Waals surface area contributed by atoms with Gasteiger partial charge in [-0.1, -0.05) is 26.8 Å². The lowest BCUT2D eigenvalue weighted by Crippen LogP contribution is -2.21. The molecule has 0 heterocycles. The van der Waals surface area contributed by atoms with E-state index in [0.717, 1.165) is 17.9 Å². The summed E-state index contributed by atoms with van der Waals surface area (Å²) in [6.07, 6.45) is 0.777. The first kappa shape index (κ1) is 21.3. The van der Waals surface area contributed by atoms with E-state index in [2.05, 4.69) is 24.5 Å². The van der Waals surface area contributed by atoms with Gasteiger partial charge in [-0.15, -0.1) is 0 Å². The lowest BCUT2D eigenvalue weighted by atomic mass is 10.2. The Morgan fingerprint density at radius 2 is 1.79 bits per heavy atom. The second-order valence-corrected chi connectivity index (χ2v) is 6.85. The number of nitrogens with one attached hydrogen (secondary N) is 2. The van der Waals surface area contributed by atoms with Gasteiger partial charge in [0.2, 0.25) is 5.91 Å². The molecule has 2 aromatic rings. The van der Waals surface area contributed by atoms with Crippen LogP contribution in [0.5, 0.6) is 5.75 Å². The van der Waals surface area contributed by atoms with Gasteiger partial charge in [0, 0.05) is 17.4 Å². The Labute approximate surface area is 166 Å². The van der Waals surface area contributed by atoms with Gasteiger partial charge in [-0.25, -0.2) is 4.79 Å². The summed E-state index contributed by atoms with van der Waals surface area (Å²) >= 11 is 0. The average Bonchev–Trinajstić information content (AvgIpc) is 2.70. The van der Waals surface area contributed by atoms with Crippen molar-refractivity contribution in [2.75, 3.05) is 30.4 Å². The molecular weight excluding hydrogens is 356 g/mol. The Bertz CT molecular complexity index is 772. The lowest BCUT2D eigenvalue weighted by molar-refractivity contribution is -0.114. The number of amides is 1. The van der Waals surface area contributed by atoms with Gasteiger partial charge in [-0.2, -0.15) is 0 Å². The molecule has 0 aliphatic carbocycles. The number of benzene rings is 2. The molecule has 0 unspecified atom stereocenters. The fourth-order valence-electron chi connectivity index (χ4n) is 2.31. The summed E-state index contributed by atoms with van der Waals surface area (Å²) in [6, 6.07) is 14.2. The van der Waals surface area contributed by atoms with Gasteiger partial charge in [0.05, 0.1) is 25.3 Å². The maximum Gasteiger partial charge on any atom is 0.338 e. The van der Waals surface area contributed by atoms with E-state index in [4.69, 9.17) is 9.47 Å². The van der Waals surface area contributed by atoms with Gasteiger partial charge in [0.25, 0.3) is 0 Å². The van der Waals surface area contributed by atoms with Crippen LogP contribution < -0.4 is 15.4 Å². The number of anilines is 2. The first-order valence-corrected chi connectivity index (χ1v) is 9.51. The van der Waals surface area contributed by atoms with Crippen LogP contribution in [0.15, 0.2) is 48.5 Å². The summed E-state index contributed by atoms with van der Waals surface area (Å²) in [7, 11) is 0. The minimum atomic E-state index is -0.360. The summed E-state index contributed by atoms with van der Waals surface area (Å²) in [5.41, 5.74) is 1.89. The normalized spacial score (nSPS) is 10.4. The maximum absolute atomic E-state index is 12.1. The van der Waals surface area contributed by atoms with E-state index in [-0.39, 0.29) is 18.4 Å². The van der Waals surface area contributed by atoms with Crippen molar-refractivity contribution in [2.24, 2.45) is 5.92 Å². The van der Waals surface area contributed by atoms with Crippen molar-refractivity contribution in [2.45, 2.75) is 27.2 Å². The first-order valence-electron chi connectivity index (χ1n) is 9.51. The molecule has 0 atom stereocenters. The average molecular weight is 384 g/mol. The number of hydrogen-bond acceptors (Lipinski definition) is 5. The van der Waals surface area contributed by atoms with Gasteiger partial charge >= 0.3 is 5.97 Å². The molecule has 0 saturated carbocycles. The van der Waals surface area contributed by atoms with Crippen LogP contribution >= 0.6 is 0 Å². The molecule has 2 N–H and O–H groups in total. The summed E-state index contributed by atoms with van der Waals surface area (Å²) in [6.45, 7) is 7.28. The van der Waals surface area contributed by atoms with Crippen LogP contribution in [0.4, 0.5) is 11.4 Å². The topological polar surface area (TPSA) is 76.7 Å². The molecule has 0 bridgehead atoms. The third-order valence-electron chi connectivity index (χ3n) is 3.71. The van der Waals surface area contributed by atoms with Gasteiger partial charge in [-0.05, 0) is 48.7 Å². The van der Waals surface area contributed by atoms with Crippen molar-refractivity contribution in [3.05, 3.63) is 54.1 Å². The Morgan fingerprint density at radius 3 is 2.46 bits per heavy atom. The van der Waals surface area contributed by atoms with Gasteiger partial charge in [0.15, 0.2) is 0 Å². The van der Waals surface area contributed by atoms with Gasteiger partial charge in [-0.3, -0.25) is 4.79 Å². The van der Waals surface area contributed by atoms with E-state index < -0.39 is 0 Å². The second-order valence-electron chi connectivity index (χ2n) is 6.85. The van der Waals surface area contributed by atoms with E-state index in [1.165, 1.54) is 0 Å². The molecule has 0 fully saturated rings. The van der Waals surface area contributed by atoms with Crippen molar-refractivity contribution in [1.29, 1.82) is 0 Å². The second kappa shape index (κ2) is 11.0. The van der Waals surface area contributed by atoms with E-state index in [9.17, 15) is 9.59 Å². The summed E-state index contributed by atoms with van der Waals surface area (Å²) in [5.74, 6) is 0.669. The molecule has 0 aliphatic heterocycles. The number of carbonyl (C=O) groups is 2. The van der Waals surface area contributed by atoms with Crippen LogP contribution in [-0.4, -0.2) is 31.6 Å². The zero-order valence-corrected chi connectivity index (χ0v) is 16.7. The van der Waals surface area contributed by atoms with Crippen molar-refractivity contribution in [3.8, 4) is 5.75 Å². The molecule has 0 aromatic heterocycles. The smallest absolute Gasteiger partial charge is 0.338 e. The van der Waals surface area contributed by atoms with Crippen molar-refractivity contribution < 1.29 is 19.1 Å². The fourth-order valence-corrected chi connectivity index (χ4v) is 2.31. The third kappa shape index (κ3) is 7.31. The van der Waals surface area contributed by atoms with E-state index >= 15 is 0 Å². The molecule has 2 aromatic carbocycles. The Hall–Kier alpha value is -3.02. The molecule has 1 amide bonds. The molecule has 0 aliphatic rings. The molecule has 0 saturated heterocycles. The summed E-state index contributed by atoms with van der Waals surface area (Å²) < 4.78 is 10.8. The highest BCUT2D eigenvalue weighted by Crippen LogP contribution is 2.18. The third-order valence-corrected chi connectivity index (χ3v) is 3.71. The molecular formula is C22H28N2O4. The SMILES string of the molecule is CCCOC(=O)c1ccc(NC(=O)CNc2cccc(OCC(C)C)c2)cc1. The van der Waals surface area contributed by atoms with Crippen LogP contribution in [0.2, 0.25) is 0 Å². The van der Waals surface area contributed by atoms with Gasteiger partial charge < -0.3 is 20.1 Å². The van der Waals surface area contributed by atoms with E-state index in [1.54, 1.807) is 24.3 Å². The van der Waals surface area contributed by atoms with Crippen LogP contribution in [-0.2, 0) is 9.53 Å². The monoisotopic (exact) mass is 384 g/mol. The minimum absolute atomic E-state index is 0.119. The van der Waals surface area contributed by atoms with Crippen LogP contribution in [0.3, 0.4) is 0 Å². The fraction of sp³-hybridized carbons (Fsp3) is 0.364. The highest BCUT2D eigenvalue weighted by molar-refractivity contribution is 5.95. The lowest BCUT2D eigenvalue weighted by Gasteiger charge is -2.11. The highest BCUT2D eigenvalue weighted by atomic mass is 16.5. The molecule has 6 nitrogen and oxygen atoms in total. The van der Waals surface area contributed by atoms with Crippen LogP contribution in [0, 0.1) is 5.92 Å². The number of esters is 1. The number of rotatable bonds is 10. The standard InChI is InChI=1S/C22H28N2O4/c1-4-12-27-22(26)17-8-10-18(11-9-17)24-21(25)14-23-19-6-5-7-20(13-19)28-15-16(2)3/h5-11,13,16,23H,4,12,14-15H2,1-3H3,(H,24,25). The predicted molar refractivity (Wildman–Crippen MR) is 111 cm³/mol. The molecule has 6 heteroatoms. The van der Waals surface area contributed by atoms with Crippen LogP contribution in [0.25, 0.3) is 0 Å². The van der Waals surface area contributed by atoms with E-state index in [0.29, 0.717) is 30.4 Å². The molecule has 0 radical (unpaired) electrons. The Kier molecular flexibility index (Phi) is 8.34. The Morgan fingerprint density at radius 1 is 1.04 bits per heavy atom. The zero-order valence-electron chi connectivity index (χ0n) is 16.7. The molecule has 28 heavy (non-hydrogen) atoms. The molecule has 150 valence electrons. The van der Waals surface area contributed by atoms with Crippen LogP contribution in [0.1, 0.15) is 37.6 Å². The quantitative estimate of drug-likeness (QED) is 0.596. The summed E-state index contributed by atoms with van der Waals surface area (Å²) in [4.78, 5) is 23.9. The summed E-state index contributed by atoms with van der Waals surface area (Å²) in [5, 5.41) is 5.87. The first-order chi connectivity index (χ1) is 13.5. The number of carbonyl (C=O) groups excluding carboxylic acids is 2.